The quantitative estimate of drug-likeness (QED) is 0.758. The van der Waals surface area contributed by atoms with Crippen LogP contribution >= 0.6 is 0 Å². The van der Waals surface area contributed by atoms with Crippen molar-refractivity contribution in [1.82, 2.24) is 15.3 Å². The van der Waals surface area contributed by atoms with Crippen molar-refractivity contribution in [3.05, 3.63) is 18.1 Å². The summed E-state index contributed by atoms with van der Waals surface area (Å²) in [6, 6.07) is 0. The van der Waals surface area contributed by atoms with Crippen molar-refractivity contribution in [3.8, 4) is 0 Å². The Kier molecular flexibility index (Phi) is 3.96. The molecule has 1 fully saturated rings. The summed E-state index contributed by atoms with van der Waals surface area (Å²) in [5.74, 6) is 0.331. The fourth-order valence-electron chi connectivity index (χ4n) is 1.74. The normalized spacial score (nSPS) is 22.3. The number of carbonyl (C=O) groups is 1. The van der Waals surface area contributed by atoms with Gasteiger partial charge in [0.1, 0.15) is 17.1 Å². The number of hydrogen-bond donors (Lipinski definition) is 2. The van der Waals surface area contributed by atoms with Gasteiger partial charge in [-0.05, 0) is 0 Å². The minimum atomic E-state index is -0.966. The molecule has 1 unspecified atom stereocenters. The van der Waals surface area contributed by atoms with Gasteiger partial charge in [0.15, 0.2) is 0 Å². The number of nitrogens with one attached hydrogen (secondary N) is 1. The van der Waals surface area contributed by atoms with E-state index in [9.17, 15) is 9.90 Å². The lowest BCUT2D eigenvalue weighted by molar-refractivity contribution is 0.0264. The third kappa shape index (κ3) is 3.39. The number of ether oxygens (including phenoxy) is 1. The van der Waals surface area contributed by atoms with E-state index in [2.05, 4.69) is 15.3 Å². The average Bonchev–Trinajstić information content (AvgIpc) is 2.83. The van der Waals surface area contributed by atoms with Crippen molar-refractivity contribution >= 4 is 11.7 Å². The van der Waals surface area contributed by atoms with Gasteiger partial charge >= 0.3 is 0 Å². The van der Waals surface area contributed by atoms with Crippen LogP contribution in [-0.2, 0) is 4.74 Å². The Labute approximate surface area is 111 Å². The van der Waals surface area contributed by atoms with Gasteiger partial charge in [0.25, 0.3) is 5.91 Å². The van der Waals surface area contributed by atoms with E-state index in [4.69, 9.17) is 4.74 Å². The molecular weight excluding hydrogens is 248 g/mol. The second kappa shape index (κ2) is 5.50. The molecule has 104 valence electrons. The number of aromatic nitrogens is 2. The van der Waals surface area contributed by atoms with Crippen molar-refractivity contribution in [3.63, 3.8) is 0 Å². The Morgan fingerprint density at radius 1 is 1.53 bits per heavy atom. The highest BCUT2D eigenvalue weighted by Crippen LogP contribution is 2.17. The molecule has 0 bridgehead atoms. The Balaban J connectivity index is 1.92. The van der Waals surface area contributed by atoms with Crippen LogP contribution in [0.15, 0.2) is 12.4 Å². The molecule has 0 radical (unpaired) electrons. The van der Waals surface area contributed by atoms with Gasteiger partial charge < -0.3 is 20.1 Å². The van der Waals surface area contributed by atoms with E-state index in [0.717, 1.165) is 0 Å². The van der Waals surface area contributed by atoms with E-state index in [1.807, 2.05) is 14.1 Å². The van der Waals surface area contributed by atoms with Gasteiger partial charge in [0, 0.05) is 33.7 Å². The molecule has 0 aliphatic carbocycles. The standard InChI is InChI=1S/C12H18N4O3/c1-16(2)10-6-13-9(5-14-10)11(17)15-7-12(18)3-4-19-8-12/h5-6,18H,3-4,7-8H2,1-2H3,(H,15,17). The van der Waals surface area contributed by atoms with Gasteiger partial charge in [-0.25, -0.2) is 9.97 Å². The van der Waals surface area contributed by atoms with Crippen LogP contribution in [0, 0.1) is 0 Å². The molecule has 1 aromatic heterocycles. The molecule has 2 rings (SSSR count). The molecule has 19 heavy (non-hydrogen) atoms. The monoisotopic (exact) mass is 266 g/mol. The predicted molar refractivity (Wildman–Crippen MR) is 69.1 cm³/mol. The van der Waals surface area contributed by atoms with Gasteiger partial charge in [-0.3, -0.25) is 4.79 Å². The van der Waals surface area contributed by atoms with Crippen LogP contribution in [0.3, 0.4) is 0 Å². The molecule has 1 amide bonds. The average molecular weight is 266 g/mol. The topological polar surface area (TPSA) is 87.6 Å². The summed E-state index contributed by atoms with van der Waals surface area (Å²) in [5, 5.41) is 12.7. The summed E-state index contributed by atoms with van der Waals surface area (Å²) < 4.78 is 5.11. The number of amides is 1. The molecule has 0 spiro atoms. The lowest BCUT2D eigenvalue weighted by Gasteiger charge is -2.20. The first-order valence-corrected chi connectivity index (χ1v) is 6.08. The molecule has 1 aliphatic heterocycles. The number of rotatable bonds is 4. The Hall–Kier alpha value is -1.73. The molecule has 7 heteroatoms. The highest BCUT2D eigenvalue weighted by Gasteiger charge is 2.32. The summed E-state index contributed by atoms with van der Waals surface area (Å²) in [5.41, 5.74) is -0.736. The predicted octanol–water partition coefficient (Wildman–Crippen LogP) is -0.576. The van der Waals surface area contributed by atoms with E-state index in [1.165, 1.54) is 12.4 Å². The van der Waals surface area contributed by atoms with Crippen molar-refractivity contribution < 1.29 is 14.6 Å². The Morgan fingerprint density at radius 3 is 2.84 bits per heavy atom. The van der Waals surface area contributed by atoms with Crippen molar-refractivity contribution in [2.24, 2.45) is 0 Å². The number of nitrogens with zero attached hydrogens (tertiary/aromatic N) is 3. The second-order valence-corrected chi connectivity index (χ2v) is 4.86. The van der Waals surface area contributed by atoms with Gasteiger partial charge in [-0.15, -0.1) is 0 Å². The first-order chi connectivity index (χ1) is 9.00. The zero-order valence-corrected chi connectivity index (χ0v) is 11.1. The fourth-order valence-corrected chi connectivity index (χ4v) is 1.74. The number of hydrogen-bond acceptors (Lipinski definition) is 6. The highest BCUT2D eigenvalue weighted by molar-refractivity contribution is 5.92. The van der Waals surface area contributed by atoms with Crippen LogP contribution in [-0.4, -0.2) is 60.4 Å². The Morgan fingerprint density at radius 2 is 2.32 bits per heavy atom. The second-order valence-electron chi connectivity index (χ2n) is 4.86. The molecule has 1 saturated heterocycles. The van der Waals surface area contributed by atoms with E-state index in [-0.39, 0.29) is 24.8 Å². The SMILES string of the molecule is CN(C)c1cnc(C(=O)NCC2(O)CCOC2)cn1. The largest absolute Gasteiger partial charge is 0.386 e. The molecule has 0 aromatic carbocycles. The first-order valence-electron chi connectivity index (χ1n) is 6.08. The fraction of sp³-hybridized carbons (Fsp3) is 0.583. The third-order valence-electron chi connectivity index (χ3n) is 2.99. The van der Waals surface area contributed by atoms with Crippen LogP contribution in [0.4, 0.5) is 5.82 Å². The van der Waals surface area contributed by atoms with Gasteiger partial charge in [-0.1, -0.05) is 0 Å². The van der Waals surface area contributed by atoms with Crippen molar-refractivity contribution in [2.45, 2.75) is 12.0 Å². The zero-order chi connectivity index (χ0) is 13.9. The van der Waals surface area contributed by atoms with E-state index in [1.54, 1.807) is 4.90 Å². The summed E-state index contributed by atoms with van der Waals surface area (Å²) in [6.07, 6.45) is 3.47. The third-order valence-corrected chi connectivity index (χ3v) is 2.99. The molecule has 2 N–H and O–H groups in total. The lowest BCUT2D eigenvalue weighted by atomic mass is 10.0. The summed E-state index contributed by atoms with van der Waals surface area (Å²) in [7, 11) is 3.69. The van der Waals surface area contributed by atoms with Gasteiger partial charge in [0.2, 0.25) is 0 Å². The summed E-state index contributed by atoms with van der Waals surface area (Å²) in [4.78, 5) is 21.8. The number of anilines is 1. The van der Waals surface area contributed by atoms with Gasteiger partial charge in [-0.2, -0.15) is 0 Å². The van der Waals surface area contributed by atoms with Crippen LogP contribution in [0.5, 0.6) is 0 Å². The highest BCUT2D eigenvalue weighted by atomic mass is 16.5. The molecule has 1 atom stereocenters. The van der Waals surface area contributed by atoms with Gasteiger partial charge in [0.05, 0.1) is 19.0 Å². The van der Waals surface area contributed by atoms with E-state index in [0.29, 0.717) is 18.8 Å². The molecule has 2 heterocycles. The summed E-state index contributed by atoms with van der Waals surface area (Å²) in [6.45, 7) is 0.922. The first kappa shape index (κ1) is 13.7. The number of carbonyl (C=O) groups excluding carboxylic acids is 1. The molecular formula is C12H18N4O3. The maximum absolute atomic E-state index is 11.8. The lowest BCUT2D eigenvalue weighted by Crippen LogP contribution is -2.43. The molecule has 0 saturated carbocycles. The maximum atomic E-state index is 11.8. The maximum Gasteiger partial charge on any atom is 0.271 e. The van der Waals surface area contributed by atoms with E-state index < -0.39 is 5.60 Å². The molecule has 1 aliphatic rings. The molecule has 7 nitrogen and oxygen atoms in total. The molecule has 1 aromatic rings. The minimum Gasteiger partial charge on any atom is -0.386 e. The van der Waals surface area contributed by atoms with E-state index >= 15 is 0 Å². The zero-order valence-electron chi connectivity index (χ0n) is 11.1. The Bertz CT molecular complexity index is 441. The van der Waals surface area contributed by atoms with Crippen LogP contribution < -0.4 is 10.2 Å². The summed E-state index contributed by atoms with van der Waals surface area (Å²) >= 11 is 0. The minimum absolute atomic E-state index is 0.156. The van der Waals surface area contributed by atoms with Crippen LogP contribution in [0.1, 0.15) is 16.9 Å². The van der Waals surface area contributed by atoms with Crippen molar-refractivity contribution in [1.29, 1.82) is 0 Å². The van der Waals surface area contributed by atoms with Crippen LogP contribution in [0.2, 0.25) is 0 Å². The van der Waals surface area contributed by atoms with Crippen LogP contribution in [0.25, 0.3) is 0 Å². The number of aliphatic hydroxyl groups is 1. The smallest absolute Gasteiger partial charge is 0.271 e. The van der Waals surface area contributed by atoms with Crippen molar-refractivity contribution in [2.75, 3.05) is 38.8 Å².